The fourth-order valence-corrected chi connectivity index (χ4v) is 6.14. The Bertz CT molecular complexity index is 897. The first-order valence-corrected chi connectivity index (χ1v) is 11.0. The van der Waals surface area contributed by atoms with Gasteiger partial charge in [0, 0.05) is 31.7 Å². The number of hydrogen-bond acceptors (Lipinski definition) is 5. The summed E-state index contributed by atoms with van der Waals surface area (Å²) in [4.78, 5) is 12.7. The second-order valence-corrected chi connectivity index (χ2v) is 9.81. The Kier molecular flexibility index (Phi) is 4.62. The van der Waals surface area contributed by atoms with E-state index in [1.807, 2.05) is 24.3 Å². The van der Waals surface area contributed by atoms with Gasteiger partial charge in [0.1, 0.15) is 5.82 Å². The maximum Gasteiger partial charge on any atom is 0.153 e. The molecule has 2 aliphatic rings. The van der Waals surface area contributed by atoms with Crippen LogP contribution in [0.1, 0.15) is 19.7 Å². The van der Waals surface area contributed by atoms with Crippen molar-refractivity contribution in [3.63, 3.8) is 0 Å². The van der Waals surface area contributed by atoms with E-state index >= 15 is 0 Å². The molecule has 2 aliphatic heterocycles. The molecule has 140 valence electrons. The number of hydrogen-bond donors (Lipinski definition) is 1. The predicted octanol–water partition coefficient (Wildman–Crippen LogP) is 1.81. The molecule has 26 heavy (non-hydrogen) atoms. The molecule has 2 fully saturated rings. The van der Waals surface area contributed by atoms with Crippen LogP contribution in [0.3, 0.4) is 0 Å². The fraction of sp³-hybridized carbons (Fsp3) is 0.526. The van der Waals surface area contributed by atoms with Gasteiger partial charge in [0.2, 0.25) is 0 Å². The summed E-state index contributed by atoms with van der Waals surface area (Å²) >= 11 is 0. The van der Waals surface area contributed by atoms with E-state index in [4.69, 9.17) is 0 Å². The highest BCUT2D eigenvalue weighted by molar-refractivity contribution is 7.91. The SMILES string of the molecule is CC(C)=CCN1CCN(Cc2nc3ccccc3[nH]2)[C@H]2CS(=O)(=O)C[C@H]21. The first-order valence-electron chi connectivity index (χ1n) is 9.17. The molecule has 7 heteroatoms. The highest BCUT2D eigenvalue weighted by Crippen LogP contribution is 2.28. The average molecular weight is 375 g/mol. The van der Waals surface area contributed by atoms with Crippen molar-refractivity contribution in [1.29, 1.82) is 0 Å². The number of sulfone groups is 1. The number of para-hydroxylation sites is 2. The lowest BCUT2D eigenvalue weighted by atomic mass is 10.0. The predicted molar refractivity (Wildman–Crippen MR) is 104 cm³/mol. The van der Waals surface area contributed by atoms with E-state index < -0.39 is 9.84 Å². The zero-order valence-electron chi connectivity index (χ0n) is 15.4. The molecule has 2 atom stereocenters. The van der Waals surface area contributed by atoms with Crippen LogP contribution in [0.4, 0.5) is 0 Å². The van der Waals surface area contributed by atoms with Gasteiger partial charge < -0.3 is 4.98 Å². The van der Waals surface area contributed by atoms with Crippen LogP contribution in [0.25, 0.3) is 11.0 Å². The summed E-state index contributed by atoms with van der Waals surface area (Å²) in [5.41, 5.74) is 3.26. The van der Waals surface area contributed by atoms with Gasteiger partial charge in [-0.2, -0.15) is 0 Å². The van der Waals surface area contributed by atoms with Crippen molar-refractivity contribution in [3.05, 3.63) is 41.7 Å². The molecule has 1 N–H and O–H groups in total. The maximum absolute atomic E-state index is 12.3. The Morgan fingerprint density at radius 3 is 2.62 bits per heavy atom. The van der Waals surface area contributed by atoms with E-state index in [1.54, 1.807) is 0 Å². The summed E-state index contributed by atoms with van der Waals surface area (Å²) in [6, 6.07) is 8.11. The highest BCUT2D eigenvalue weighted by Gasteiger charge is 2.46. The maximum atomic E-state index is 12.3. The van der Waals surface area contributed by atoms with Gasteiger partial charge in [-0.25, -0.2) is 13.4 Å². The first kappa shape index (κ1) is 17.7. The minimum absolute atomic E-state index is 0.0486. The van der Waals surface area contributed by atoms with Gasteiger partial charge in [-0.1, -0.05) is 23.8 Å². The molecular formula is C19H26N4O2S. The van der Waals surface area contributed by atoms with E-state index in [0.717, 1.165) is 36.5 Å². The van der Waals surface area contributed by atoms with Gasteiger partial charge in [-0.05, 0) is 26.0 Å². The van der Waals surface area contributed by atoms with Gasteiger partial charge in [-0.3, -0.25) is 9.80 Å². The van der Waals surface area contributed by atoms with Crippen LogP contribution in [-0.4, -0.2) is 71.4 Å². The lowest BCUT2D eigenvalue weighted by Gasteiger charge is -2.43. The summed E-state index contributed by atoms with van der Waals surface area (Å²) in [6.07, 6.45) is 2.19. The molecule has 3 heterocycles. The van der Waals surface area contributed by atoms with Crippen molar-refractivity contribution in [3.8, 4) is 0 Å². The molecule has 0 saturated carbocycles. The Balaban J connectivity index is 1.55. The van der Waals surface area contributed by atoms with Gasteiger partial charge in [0.25, 0.3) is 0 Å². The molecule has 6 nitrogen and oxygen atoms in total. The van der Waals surface area contributed by atoms with Gasteiger partial charge in [0.05, 0.1) is 29.1 Å². The third-order valence-corrected chi connectivity index (χ3v) is 7.13. The molecular weight excluding hydrogens is 348 g/mol. The van der Waals surface area contributed by atoms with Crippen LogP contribution in [0, 0.1) is 0 Å². The van der Waals surface area contributed by atoms with Gasteiger partial charge in [0.15, 0.2) is 9.84 Å². The number of nitrogens with one attached hydrogen (secondary N) is 1. The van der Waals surface area contributed by atoms with Crippen LogP contribution in [-0.2, 0) is 16.4 Å². The number of fused-ring (bicyclic) bond motifs is 2. The van der Waals surface area contributed by atoms with Crippen molar-refractivity contribution in [2.75, 3.05) is 31.1 Å². The monoisotopic (exact) mass is 374 g/mol. The molecule has 0 aliphatic carbocycles. The second kappa shape index (κ2) is 6.79. The van der Waals surface area contributed by atoms with Crippen molar-refractivity contribution in [2.45, 2.75) is 32.5 Å². The van der Waals surface area contributed by atoms with Crippen molar-refractivity contribution in [2.24, 2.45) is 0 Å². The van der Waals surface area contributed by atoms with E-state index in [0.29, 0.717) is 6.54 Å². The minimum atomic E-state index is -2.98. The number of nitrogens with zero attached hydrogens (tertiary/aromatic N) is 3. The summed E-state index contributed by atoms with van der Waals surface area (Å²) < 4.78 is 24.7. The molecule has 0 unspecified atom stereocenters. The van der Waals surface area contributed by atoms with Gasteiger partial charge >= 0.3 is 0 Å². The topological polar surface area (TPSA) is 69.3 Å². The molecule has 0 radical (unpaired) electrons. The Hall–Kier alpha value is -1.70. The number of aromatic amines is 1. The summed E-state index contributed by atoms with van der Waals surface area (Å²) in [7, 11) is -2.98. The van der Waals surface area contributed by atoms with Gasteiger partial charge in [-0.15, -0.1) is 0 Å². The smallest absolute Gasteiger partial charge is 0.153 e. The average Bonchev–Trinajstić information content (AvgIpc) is 3.13. The lowest BCUT2D eigenvalue weighted by Crippen LogP contribution is -2.58. The normalized spacial score (nSPS) is 26.1. The number of piperazine rings is 1. The number of benzene rings is 1. The molecule has 1 aromatic heterocycles. The van der Waals surface area contributed by atoms with E-state index in [-0.39, 0.29) is 23.6 Å². The van der Waals surface area contributed by atoms with E-state index in [2.05, 4.69) is 39.7 Å². The lowest BCUT2D eigenvalue weighted by molar-refractivity contribution is 0.0463. The van der Waals surface area contributed by atoms with Crippen molar-refractivity contribution >= 4 is 20.9 Å². The van der Waals surface area contributed by atoms with Crippen LogP contribution in [0.15, 0.2) is 35.9 Å². The first-order chi connectivity index (χ1) is 12.4. The molecule has 2 saturated heterocycles. The quantitative estimate of drug-likeness (QED) is 0.827. The zero-order chi connectivity index (χ0) is 18.3. The Labute approximate surface area is 154 Å². The van der Waals surface area contributed by atoms with Crippen molar-refractivity contribution in [1.82, 2.24) is 19.8 Å². The number of H-pyrrole nitrogens is 1. The summed E-state index contributed by atoms with van der Waals surface area (Å²) in [6.45, 7) is 7.42. The summed E-state index contributed by atoms with van der Waals surface area (Å²) in [5.74, 6) is 1.43. The number of imidazole rings is 1. The fourth-order valence-electron chi connectivity index (χ4n) is 4.09. The molecule has 1 aromatic carbocycles. The molecule has 4 rings (SSSR count). The number of rotatable bonds is 4. The van der Waals surface area contributed by atoms with Crippen LogP contribution in [0.5, 0.6) is 0 Å². The number of aromatic nitrogens is 2. The molecule has 0 amide bonds. The standard InChI is InChI=1S/C19H26N4O2S/c1-14(2)7-8-22-9-10-23(18-13-26(24,25)12-17(18)22)11-19-20-15-5-3-4-6-16(15)21-19/h3-7,17-18H,8-13H2,1-2H3,(H,20,21)/t17-,18+/m1/s1. The Morgan fingerprint density at radius 2 is 1.88 bits per heavy atom. The van der Waals surface area contributed by atoms with Crippen LogP contribution >= 0.6 is 0 Å². The minimum Gasteiger partial charge on any atom is -0.341 e. The molecule has 0 bridgehead atoms. The summed E-state index contributed by atoms with van der Waals surface area (Å²) in [5, 5.41) is 0. The zero-order valence-corrected chi connectivity index (χ0v) is 16.2. The van der Waals surface area contributed by atoms with Crippen LogP contribution in [0.2, 0.25) is 0 Å². The van der Waals surface area contributed by atoms with E-state index in [9.17, 15) is 8.42 Å². The van der Waals surface area contributed by atoms with E-state index in [1.165, 1.54) is 5.57 Å². The molecule has 0 spiro atoms. The third-order valence-electron chi connectivity index (χ3n) is 5.43. The Morgan fingerprint density at radius 1 is 1.19 bits per heavy atom. The molecule has 2 aromatic rings. The second-order valence-electron chi connectivity index (χ2n) is 7.66. The number of allylic oxidation sites excluding steroid dienone is 1. The van der Waals surface area contributed by atoms with Crippen molar-refractivity contribution < 1.29 is 8.42 Å². The largest absolute Gasteiger partial charge is 0.341 e. The highest BCUT2D eigenvalue weighted by atomic mass is 32.2. The third kappa shape index (κ3) is 3.56. The van der Waals surface area contributed by atoms with Crippen LogP contribution < -0.4 is 0 Å².